The van der Waals surface area contributed by atoms with Gasteiger partial charge in [-0.2, -0.15) is 4.31 Å². The van der Waals surface area contributed by atoms with Crippen LogP contribution in [0, 0.1) is 0 Å². The first-order valence-corrected chi connectivity index (χ1v) is 8.96. The van der Waals surface area contributed by atoms with E-state index in [1.165, 1.54) is 41.0 Å². The molecule has 0 unspecified atom stereocenters. The lowest BCUT2D eigenvalue weighted by atomic mass is 10.2. The zero-order valence-electron chi connectivity index (χ0n) is 13.6. The average Bonchev–Trinajstić information content (AvgIpc) is 2.62. The lowest BCUT2D eigenvalue weighted by Crippen LogP contribution is -2.31. The molecule has 0 saturated carbocycles. The number of pyridine rings is 1. The Kier molecular flexibility index (Phi) is 6.21. The van der Waals surface area contributed by atoms with Crippen LogP contribution < -0.4 is 5.32 Å². The number of nitrogens with zero attached hydrogens (tertiary/aromatic N) is 2. The van der Waals surface area contributed by atoms with E-state index in [4.69, 9.17) is 0 Å². The van der Waals surface area contributed by atoms with E-state index in [1.807, 2.05) is 0 Å². The van der Waals surface area contributed by atoms with Gasteiger partial charge in [-0.3, -0.25) is 9.78 Å². The third-order valence-electron chi connectivity index (χ3n) is 3.36. The van der Waals surface area contributed by atoms with Gasteiger partial charge in [-0.05, 0) is 36.4 Å². The first-order valence-electron chi connectivity index (χ1n) is 7.52. The Morgan fingerprint density at radius 3 is 2.12 bits per heavy atom. The lowest BCUT2D eigenvalue weighted by molar-refractivity contribution is 0.102. The van der Waals surface area contributed by atoms with Gasteiger partial charge in [-0.1, -0.05) is 12.2 Å². The Bertz CT molecular complexity index is 837. The van der Waals surface area contributed by atoms with Crippen LogP contribution in [0.2, 0.25) is 0 Å². The Morgan fingerprint density at radius 2 is 1.60 bits per heavy atom. The number of anilines is 1. The van der Waals surface area contributed by atoms with Crippen molar-refractivity contribution < 1.29 is 13.2 Å². The van der Waals surface area contributed by atoms with Crippen molar-refractivity contribution in [2.45, 2.75) is 4.90 Å². The Morgan fingerprint density at radius 1 is 1.04 bits per heavy atom. The number of benzene rings is 1. The summed E-state index contributed by atoms with van der Waals surface area (Å²) >= 11 is 0. The highest BCUT2D eigenvalue weighted by Crippen LogP contribution is 2.19. The first kappa shape index (κ1) is 18.6. The van der Waals surface area contributed by atoms with Crippen LogP contribution >= 0.6 is 0 Å². The molecule has 130 valence electrons. The second-order valence-corrected chi connectivity index (χ2v) is 7.05. The van der Waals surface area contributed by atoms with Gasteiger partial charge in [-0.25, -0.2) is 8.42 Å². The summed E-state index contributed by atoms with van der Waals surface area (Å²) in [6.45, 7) is 7.53. The lowest BCUT2D eigenvalue weighted by Gasteiger charge is -2.19. The van der Waals surface area contributed by atoms with Crippen molar-refractivity contribution in [3.8, 4) is 0 Å². The van der Waals surface area contributed by atoms with Gasteiger partial charge in [0.15, 0.2) is 0 Å². The predicted octanol–water partition coefficient (Wildman–Crippen LogP) is 2.70. The molecule has 0 aliphatic rings. The van der Waals surface area contributed by atoms with E-state index >= 15 is 0 Å². The van der Waals surface area contributed by atoms with Crippen LogP contribution in [-0.4, -0.2) is 36.7 Å². The van der Waals surface area contributed by atoms with E-state index < -0.39 is 10.0 Å². The normalized spacial score (nSPS) is 11.1. The zero-order chi connectivity index (χ0) is 18.3. The van der Waals surface area contributed by atoms with E-state index in [1.54, 1.807) is 24.3 Å². The summed E-state index contributed by atoms with van der Waals surface area (Å²) in [7, 11) is -3.65. The first-order chi connectivity index (χ1) is 12.0. The maximum Gasteiger partial charge on any atom is 0.255 e. The van der Waals surface area contributed by atoms with Gasteiger partial charge in [0.25, 0.3) is 5.91 Å². The number of aromatic nitrogens is 1. The highest BCUT2D eigenvalue weighted by Gasteiger charge is 2.22. The highest BCUT2D eigenvalue weighted by atomic mass is 32.2. The molecule has 0 aliphatic heterocycles. The molecule has 2 aromatic rings. The predicted molar refractivity (Wildman–Crippen MR) is 97.8 cm³/mol. The fourth-order valence-electron chi connectivity index (χ4n) is 2.12. The van der Waals surface area contributed by atoms with Crippen LogP contribution in [0.4, 0.5) is 5.69 Å². The maximum absolute atomic E-state index is 12.6. The molecule has 1 heterocycles. The van der Waals surface area contributed by atoms with Crippen LogP contribution in [0.5, 0.6) is 0 Å². The molecule has 0 spiro atoms. The topological polar surface area (TPSA) is 79.4 Å². The van der Waals surface area contributed by atoms with E-state index in [2.05, 4.69) is 23.5 Å². The number of hydrogen-bond donors (Lipinski definition) is 1. The minimum Gasteiger partial charge on any atom is -0.322 e. The Balaban J connectivity index is 2.17. The van der Waals surface area contributed by atoms with Crippen LogP contribution in [0.1, 0.15) is 10.4 Å². The molecule has 0 fully saturated rings. The fraction of sp³-hybridized carbons (Fsp3) is 0.111. The molecule has 6 nitrogen and oxygen atoms in total. The summed E-state index contributed by atoms with van der Waals surface area (Å²) in [4.78, 5) is 16.1. The standard InChI is InChI=1S/C18H19N3O3S/c1-3-13-21(14-4-2)25(23,24)17-7-5-16(6-8-17)20-18(22)15-9-11-19-12-10-15/h3-12H,1-2,13-14H2,(H,20,22). The van der Waals surface area contributed by atoms with Gasteiger partial charge in [-0.15, -0.1) is 13.2 Å². The zero-order valence-corrected chi connectivity index (χ0v) is 14.4. The second-order valence-electron chi connectivity index (χ2n) is 5.11. The molecule has 25 heavy (non-hydrogen) atoms. The highest BCUT2D eigenvalue weighted by molar-refractivity contribution is 7.89. The number of carbonyl (C=O) groups is 1. The third kappa shape index (κ3) is 4.62. The van der Waals surface area contributed by atoms with Crippen molar-refractivity contribution >= 4 is 21.6 Å². The molecule has 0 bridgehead atoms. The number of sulfonamides is 1. The third-order valence-corrected chi connectivity index (χ3v) is 5.20. The monoisotopic (exact) mass is 357 g/mol. The van der Waals surface area contributed by atoms with Crippen LogP contribution in [0.15, 0.2) is 79.0 Å². The van der Waals surface area contributed by atoms with Gasteiger partial charge in [0.05, 0.1) is 4.90 Å². The summed E-state index contributed by atoms with van der Waals surface area (Å²) in [5.41, 5.74) is 0.967. The maximum atomic E-state index is 12.6. The molecule has 1 aromatic heterocycles. The summed E-state index contributed by atoms with van der Waals surface area (Å²) in [6, 6.07) is 9.19. The van der Waals surface area contributed by atoms with Gasteiger partial charge in [0, 0.05) is 36.7 Å². The number of nitrogens with one attached hydrogen (secondary N) is 1. The van der Waals surface area contributed by atoms with Crippen molar-refractivity contribution in [3.05, 3.63) is 79.7 Å². The summed E-state index contributed by atoms with van der Waals surface area (Å²) in [5, 5.41) is 2.71. The molecule has 2 rings (SSSR count). The number of carbonyl (C=O) groups excluding carboxylic acids is 1. The van der Waals surface area contributed by atoms with Crippen molar-refractivity contribution in [2.75, 3.05) is 18.4 Å². The molecular weight excluding hydrogens is 338 g/mol. The molecule has 7 heteroatoms. The largest absolute Gasteiger partial charge is 0.322 e. The molecule has 0 aliphatic carbocycles. The molecule has 1 aromatic carbocycles. The van der Waals surface area contributed by atoms with Crippen LogP contribution in [0.3, 0.4) is 0 Å². The summed E-state index contributed by atoms with van der Waals surface area (Å²) in [5.74, 6) is -0.294. The molecular formula is C18H19N3O3S. The minimum atomic E-state index is -3.65. The van der Waals surface area contributed by atoms with E-state index in [9.17, 15) is 13.2 Å². The minimum absolute atomic E-state index is 0.137. The summed E-state index contributed by atoms with van der Waals surface area (Å²) < 4.78 is 26.5. The number of amides is 1. The van der Waals surface area contributed by atoms with Crippen molar-refractivity contribution in [2.24, 2.45) is 0 Å². The van der Waals surface area contributed by atoms with E-state index in [0.29, 0.717) is 11.3 Å². The van der Waals surface area contributed by atoms with Crippen molar-refractivity contribution in [1.82, 2.24) is 9.29 Å². The van der Waals surface area contributed by atoms with Crippen LogP contribution in [0.25, 0.3) is 0 Å². The molecule has 0 radical (unpaired) electrons. The fourth-order valence-corrected chi connectivity index (χ4v) is 3.51. The van der Waals surface area contributed by atoms with Gasteiger partial charge in [0.2, 0.25) is 10.0 Å². The SMILES string of the molecule is C=CCN(CC=C)S(=O)(=O)c1ccc(NC(=O)c2ccncc2)cc1. The smallest absolute Gasteiger partial charge is 0.255 e. The van der Waals surface area contributed by atoms with Gasteiger partial charge in [0.1, 0.15) is 0 Å². The molecule has 0 saturated heterocycles. The summed E-state index contributed by atoms with van der Waals surface area (Å²) in [6.07, 6.45) is 6.09. The Hall–Kier alpha value is -2.77. The number of hydrogen-bond acceptors (Lipinski definition) is 4. The van der Waals surface area contributed by atoms with Gasteiger partial charge >= 0.3 is 0 Å². The average molecular weight is 357 g/mol. The van der Waals surface area contributed by atoms with E-state index in [-0.39, 0.29) is 23.9 Å². The van der Waals surface area contributed by atoms with Gasteiger partial charge < -0.3 is 5.32 Å². The Labute approximate surface area is 147 Å². The number of rotatable bonds is 8. The quantitative estimate of drug-likeness (QED) is 0.737. The molecule has 0 atom stereocenters. The van der Waals surface area contributed by atoms with E-state index in [0.717, 1.165) is 0 Å². The molecule has 1 amide bonds. The van der Waals surface area contributed by atoms with Crippen molar-refractivity contribution in [1.29, 1.82) is 0 Å². The molecule has 1 N–H and O–H groups in total. The van der Waals surface area contributed by atoms with Crippen LogP contribution in [-0.2, 0) is 10.0 Å². The van der Waals surface area contributed by atoms with Crippen molar-refractivity contribution in [3.63, 3.8) is 0 Å². The second kappa shape index (κ2) is 8.36.